The van der Waals surface area contributed by atoms with E-state index < -0.39 is 0 Å². The summed E-state index contributed by atoms with van der Waals surface area (Å²) in [4.78, 5) is 0. The molecule has 0 aromatic heterocycles. The van der Waals surface area contributed by atoms with E-state index in [2.05, 4.69) is 29.6 Å². The first kappa shape index (κ1) is 13.0. The second-order valence-corrected chi connectivity index (χ2v) is 4.96. The lowest BCUT2D eigenvalue weighted by Crippen LogP contribution is -2.14. The van der Waals surface area contributed by atoms with Crippen LogP contribution in [-0.2, 0) is 0 Å². The molecule has 0 amide bonds. The molecule has 2 heteroatoms. The minimum absolute atomic E-state index is 0.803. The van der Waals surface area contributed by atoms with Gasteiger partial charge in [-0.05, 0) is 62.3 Å². The fourth-order valence-corrected chi connectivity index (χ4v) is 2.41. The van der Waals surface area contributed by atoms with Gasteiger partial charge in [-0.2, -0.15) is 0 Å². The van der Waals surface area contributed by atoms with Crippen LogP contribution in [0.25, 0.3) is 0 Å². The molecule has 1 aromatic rings. The van der Waals surface area contributed by atoms with Crippen LogP contribution in [0, 0.1) is 5.92 Å². The molecule has 1 unspecified atom stereocenters. The van der Waals surface area contributed by atoms with E-state index in [0.29, 0.717) is 0 Å². The third kappa shape index (κ3) is 4.10. The Hall–Kier alpha value is -1.44. The number of hydrogen-bond acceptors (Lipinski definition) is 2. The summed E-state index contributed by atoms with van der Waals surface area (Å²) < 4.78 is 5.16. The van der Waals surface area contributed by atoms with Crippen LogP contribution < -0.4 is 10.1 Å². The summed E-state index contributed by atoms with van der Waals surface area (Å²) in [7, 11) is 1.70. The molecule has 0 bridgehead atoms. The maximum atomic E-state index is 5.16. The zero-order valence-electron chi connectivity index (χ0n) is 11.2. The molecule has 0 radical (unpaired) electrons. The standard InChI is InChI=1S/C16H23NO/c1-18-16-11-9-15(10-12-16)17-13-14-7-5-3-2-4-6-8-14/h2-3,9-12,14,17H,4-8,13H2,1H3/b3-2-. The number of hydrogen-bond donors (Lipinski definition) is 1. The molecule has 1 aliphatic carbocycles. The molecule has 0 fully saturated rings. The first-order chi connectivity index (χ1) is 8.88. The van der Waals surface area contributed by atoms with Crippen molar-refractivity contribution in [2.24, 2.45) is 5.92 Å². The average Bonchev–Trinajstić information content (AvgIpc) is 2.38. The minimum atomic E-state index is 0.803. The first-order valence-corrected chi connectivity index (χ1v) is 6.91. The number of ether oxygens (including phenoxy) is 1. The number of methoxy groups -OCH3 is 1. The second kappa shape index (κ2) is 7.10. The van der Waals surface area contributed by atoms with E-state index in [4.69, 9.17) is 4.74 Å². The van der Waals surface area contributed by atoms with Crippen molar-refractivity contribution in [1.29, 1.82) is 0 Å². The van der Waals surface area contributed by atoms with Gasteiger partial charge in [-0.25, -0.2) is 0 Å². The van der Waals surface area contributed by atoms with Crippen LogP contribution in [0.4, 0.5) is 5.69 Å². The predicted octanol–water partition coefficient (Wildman–Crippen LogP) is 4.24. The van der Waals surface area contributed by atoms with Crippen LogP contribution in [0.3, 0.4) is 0 Å². The summed E-state index contributed by atoms with van der Waals surface area (Å²) in [5.74, 6) is 1.72. The van der Waals surface area contributed by atoms with E-state index in [0.717, 1.165) is 18.2 Å². The number of rotatable bonds is 4. The molecule has 0 saturated carbocycles. The maximum Gasteiger partial charge on any atom is 0.119 e. The van der Waals surface area contributed by atoms with Crippen molar-refractivity contribution < 1.29 is 4.74 Å². The lowest BCUT2D eigenvalue weighted by atomic mass is 9.94. The quantitative estimate of drug-likeness (QED) is 0.801. The van der Waals surface area contributed by atoms with E-state index in [1.54, 1.807) is 7.11 Å². The van der Waals surface area contributed by atoms with E-state index in [1.807, 2.05) is 12.1 Å². The van der Waals surface area contributed by atoms with Gasteiger partial charge < -0.3 is 10.1 Å². The Morgan fingerprint density at radius 1 is 1.11 bits per heavy atom. The highest BCUT2D eigenvalue weighted by atomic mass is 16.5. The van der Waals surface area contributed by atoms with Crippen molar-refractivity contribution in [1.82, 2.24) is 0 Å². The summed E-state index contributed by atoms with van der Waals surface area (Å²) in [6.45, 7) is 1.08. The van der Waals surface area contributed by atoms with Gasteiger partial charge in [-0.1, -0.05) is 12.2 Å². The molecule has 1 aromatic carbocycles. The van der Waals surface area contributed by atoms with Gasteiger partial charge in [0.2, 0.25) is 0 Å². The zero-order valence-corrected chi connectivity index (χ0v) is 11.2. The van der Waals surface area contributed by atoms with Crippen molar-refractivity contribution in [3.8, 4) is 5.75 Å². The van der Waals surface area contributed by atoms with Crippen LogP contribution in [0.2, 0.25) is 0 Å². The molecule has 98 valence electrons. The molecule has 2 rings (SSSR count). The second-order valence-electron chi connectivity index (χ2n) is 4.96. The van der Waals surface area contributed by atoms with Gasteiger partial charge in [-0.3, -0.25) is 0 Å². The van der Waals surface area contributed by atoms with Gasteiger partial charge in [0, 0.05) is 12.2 Å². The molecule has 0 aliphatic heterocycles. The maximum absolute atomic E-state index is 5.16. The van der Waals surface area contributed by atoms with Crippen LogP contribution in [0.1, 0.15) is 32.1 Å². The Labute approximate surface area is 110 Å². The SMILES string of the molecule is COc1ccc(NCC2CC/C=C\CCC2)cc1. The molecule has 0 saturated heterocycles. The number of allylic oxidation sites excluding steroid dienone is 2. The van der Waals surface area contributed by atoms with Gasteiger partial charge in [0.1, 0.15) is 5.75 Å². The monoisotopic (exact) mass is 245 g/mol. The molecule has 2 nitrogen and oxygen atoms in total. The van der Waals surface area contributed by atoms with Crippen LogP contribution in [0.15, 0.2) is 36.4 Å². The highest BCUT2D eigenvalue weighted by Gasteiger charge is 2.09. The minimum Gasteiger partial charge on any atom is -0.497 e. The van der Waals surface area contributed by atoms with Crippen LogP contribution in [-0.4, -0.2) is 13.7 Å². The van der Waals surface area contributed by atoms with E-state index >= 15 is 0 Å². The lowest BCUT2D eigenvalue weighted by Gasteiger charge is -2.18. The molecule has 1 atom stereocenters. The molecule has 18 heavy (non-hydrogen) atoms. The summed E-state index contributed by atoms with van der Waals surface area (Å²) in [6, 6.07) is 8.18. The number of anilines is 1. The van der Waals surface area contributed by atoms with E-state index in [-0.39, 0.29) is 0 Å². The Morgan fingerprint density at radius 3 is 2.67 bits per heavy atom. The van der Waals surface area contributed by atoms with Gasteiger partial charge >= 0.3 is 0 Å². The molecule has 0 spiro atoms. The van der Waals surface area contributed by atoms with Crippen LogP contribution >= 0.6 is 0 Å². The van der Waals surface area contributed by atoms with Gasteiger partial charge in [0.15, 0.2) is 0 Å². The Balaban J connectivity index is 1.80. The van der Waals surface area contributed by atoms with Crippen molar-refractivity contribution in [2.45, 2.75) is 32.1 Å². The highest BCUT2D eigenvalue weighted by molar-refractivity contribution is 5.46. The molecular weight excluding hydrogens is 222 g/mol. The van der Waals surface area contributed by atoms with Gasteiger partial charge in [0.05, 0.1) is 7.11 Å². The van der Waals surface area contributed by atoms with Crippen molar-refractivity contribution >= 4 is 5.69 Å². The predicted molar refractivity (Wildman–Crippen MR) is 77.2 cm³/mol. The Morgan fingerprint density at radius 2 is 1.89 bits per heavy atom. The summed E-state index contributed by atoms with van der Waals surface area (Å²) in [5.41, 5.74) is 1.19. The van der Waals surface area contributed by atoms with Crippen molar-refractivity contribution in [3.05, 3.63) is 36.4 Å². The smallest absolute Gasteiger partial charge is 0.119 e. The zero-order chi connectivity index (χ0) is 12.6. The number of benzene rings is 1. The first-order valence-electron chi connectivity index (χ1n) is 6.91. The summed E-state index contributed by atoms with van der Waals surface area (Å²) >= 11 is 0. The lowest BCUT2D eigenvalue weighted by molar-refractivity contribution is 0.415. The normalized spacial score (nSPS) is 21.7. The van der Waals surface area contributed by atoms with Gasteiger partial charge in [-0.15, -0.1) is 0 Å². The Kier molecular flexibility index (Phi) is 5.13. The summed E-state index contributed by atoms with van der Waals surface area (Å²) in [6.07, 6.45) is 11.1. The van der Waals surface area contributed by atoms with Crippen LogP contribution in [0.5, 0.6) is 5.75 Å². The fourth-order valence-electron chi connectivity index (χ4n) is 2.41. The number of nitrogens with one attached hydrogen (secondary N) is 1. The third-order valence-electron chi connectivity index (χ3n) is 3.58. The van der Waals surface area contributed by atoms with E-state index in [9.17, 15) is 0 Å². The average molecular weight is 245 g/mol. The van der Waals surface area contributed by atoms with Gasteiger partial charge in [0.25, 0.3) is 0 Å². The highest BCUT2D eigenvalue weighted by Crippen LogP contribution is 2.20. The molecule has 0 heterocycles. The molecular formula is C16H23NO. The summed E-state index contributed by atoms with van der Waals surface area (Å²) in [5, 5.41) is 3.53. The Bertz CT molecular complexity index is 369. The molecule has 1 aliphatic rings. The van der Waals surface area contributed by atoms with E-state index in [1.165, 1.54) is 37.8 Å². The van der Waals surface area contributed by atoms with Crippen molar-refractivity contribution in [2.75, 3.05) is 19.0 Å². The molecule has 1 N–H and O–H groups in total. The van der Waals surface area contributed by atoms with Crippen molar-refractivity contribution in [3.63, 3.8) is 0 Å². The third-order valence-corrected chi connectivity index (χ3v) is 3.58. The largest absolute Gasteiger partial charge is 0.497 e. The fraction of sp³-hybridized carbons (Fsp3) is 0.500. The topological polar surface area (TPSA) is 21.3 Å².